The summed E-state index contributed by atoms with van der Waals surface area (Å²) in [5.41, 5.74) is 0.709. The lowest BCUT2D eigenvalue weighted by Crippen LogP contribution is -2.40. The molecule has 0 fully saturated rings. The minimum atomic E-state index is -0.780. The van der Waals surface area contributed by atoms with E-state index in [0.717, 1.165) is 0 Å². The van der Waals surface area contributed by atoms with Gasteiger partial charge in [0, 0.05) is 6.04 Å². The first-order chi connectivity index (χ1) is 8.50. The van der Waals surface area contributed by atoms with Crippen LogP contribution in [0.5, 0.6) is 0 Å². The van der Waals surface area contributed by atoms with Crippen LogP contribution < -0.4 is 10.6 Å². The summed E-state index contributed by atoms with van der Waals surface area (Å²) in [6, 6.07) is 9.06. The molecule has 1 unspecified atom stereocenters. The van der Waals surface area contributed by atoms with E-state index in [0.29, 0.717) is 5.56 Å². The second-order valence-corrected chi connectivity index (χ2v) is 4.65. The van der Waals surface area contributed by atoms with Crippen molar-refractivity contribution in [1.29, 1.82) is 0 Å². The number of carbonyl (C=O) groups is 2. The zero-order valence-electron chi connectivity index (χ0n) is 10.4. The lowest BCUT2D eigenvalue weighted by Gasteiger charge is -2.12. The second-order valence-electron chi connectivity index (χ2n) is 4.21. The zero-order valence-corrected chi connectivity index (χ0v) is 11.2. The summed E-state index contributed by atoms with van der Waals surface area (Å²) in [5.74, 6) is -0.600. The van der Waals surface area contributed by atoms with E-state index < -0.39 is 5.38 Å². The molecule has 5 heteroatoms. The summed E-state index contributed by atoms with van der Waals surface area (Å²) in [5, 5.41) is 4.40. The van der Waals surface area contributed by atoms with Crippen molar-refractivity contribution in [2.75, 3.05) is 6.54 Å². The third-order valence-corrected chi connectivity index (χ3v) is 2.65. The number of rotatable bonds is 5. The highest BCUT2D eigenvalue weighted by Crippen LogP contribution is 2.19. The molecule has 1 atom stereocenters. The Bertz CT molecular complexity index is 407. The van der Waals surface area contributed by atoms with Gasteiger partial charge in [-0.3, -0.25) is 9.59 Å². The molecule has 18 heavy (non-hydrogen) atoms. The summed E-state index contributed by atoms with van der Waals surface area (Å²) in [4.78, 5) is 23.1. The minimum Gasteiger partial charge on any atom is -0.352 e. The summed E-state index contributed by atoms with van der Waals surface area (Å²) in [6.45, 7) is 3.65. The highest BCUT2D eigenvalue weighted by Gasteiger charge is 2.17. The first kappa shape index (κ1) is 14.5. The van der Waals surface area contributed by atoms with Gasteiger partial charge in [-0.1, -0.05) is 30.3 Å². The van der Waals surface area contributed by atoms with Crippen molar-refractivity contribution in [3.05, 3.63) is 35.9 Å². The number of hydrogen-bond donors (Lipinski definition) is 2. The fraction of sp³-hybridized carbons (Fsp3) is 0.385. The van der Waals surface area contributed by atoms with Gasteiger partial charge in [0.25, 0.3) is 0 Å². The molecule has 2 N–H and O–H groups in total. The van der Waals surface area contributed by atoms with E-state index >= 15 is 0 Å². The normalized spacial score (nSPS) is 12.0. The maximum Gasteiger partial charge on any atom is 0.243 e. The Labute approximate surface area is 112 Å². The lowest BCUT2D eigenvalue weighted by molar-refractivity contribution is -0.126. The predicted octanol–water partition coefficient (Wildman–Crippen LogP) is 1.61. The van der Waals surface area contributed by atoms with Gasteiger partial charge < -0.3 is 10.6 Å². The molecular weight excluding hydrogens is 252 g/mol. The summed E-state index contributed by atoms with van der Waals surface area (Å²) in [6.07, 6.45) is 0. The van der Waals surface area contributed by atoms with E-state index in [2.05, 4.69) is 10.6 Å². The molecule has 0 aliphatic rings. The maximum absolute atomic E-state index is 11.7. The molecule has 0 bridgehead atoms. The first-order valence-corrected chi connectivity index (χ1v) is 6.20. The van der Waals surface area contributed by atoms with Crippen LogP contribution in [0.4, 0.5) is 0 Å². The van der Waals surface area contributed by atoms with Crippen LogP contribution in [0.2, 0.25) is 0 Å². The van der Waals surface area contributed by atoms with Gasteiger partial charge in [-0.05, 0) is 19.4 Å². The van der Waals surface area contributed by atoms with Crippen molar-refractivity contribution in [2.24, 2.45) is 0 Å². The lowest BCUT2D eigenvalue weighted by atomic mass is 10.1. The number of benzene rings is 1. The second kappa shape index (κ2) is 7.01. The van der Waals surface area contributed by atoms with Gasteiger partial charge in [0.2, 0.25) is 11.8 Å². The van der Waals surface area contributed by atoms with Crippen LogP contribution in [-0.2, 0) is 9.59 Å². The van der Waals surface area contributed by atoms with Crippen molar-refractivity contribution in [3.63, 3.8) is 0 Å². The van der Waals surface area contributed by atoms with Crippen LogP contribution in [-0.4, -0.2) is 24.4 Å². The van der Waals surface area contributed by atoms with Crippen LogP contribution in [0.25, 0.3) is 0 Å². The van der Waals surface area contributed by atoms with Crippen LogP contribution in [0.3, 0.4) is 0 Å². The molecule has 98 valence electrons. The van der Waals surface area contributed by atoms with Crippen LogP contribution in [0, 0.1) is 0 Å². The van der Waals surface area contributed by atoms with E-state index in [1.165, 1.54) is 0 Å². The fourth-order valence-electron chi connectivity index (χ4n) is 1.40. The van der Waals surface area contributed by atoms with Crippen molar-refractivity contribution >= 4 is 23.4 Å². The van der Waals surface area contributed by atoms with Crippen molar-refractivity contribution in [2.45, 2.75) is 25.3 Å². The van der Waals surface area contributed by atoms with Crippen LogP contribution >= 0.6 is 11.6 Å². The standard InChI is InChI=1S/C13H17ClN2O2/c1-9(2)16-11(17)8-15-13(18)12(14)10-6-4-3-5-7-10/h3-7,9,12H,8H2,1-2H3,(H,15,18)(H,16,17). The monoisotopic (exact) mass is 268 g/mol. The Morgan fingerprint density at radius 2 is 1.83 bits per heavy atom. The summed E-state index contributed by atoms with van der Waals surface area (Å²) < 4.78 is 0. The van der Waals surface area contributed by atoms with Crippen LogP contribution in [0.15, 0.2) is 30.3 Å². The maximum atomic E-state index is 11.7. The van der Waals surface area contributed by atoms with E-state index in [-0.39, 0.29) is 24.4 Å². The molecule has 0 heterocycles. The van der Waals surface area contributed by atoms with Gasteiger partial charge in [0.15, 0.2) is 0 Å². The SMILES string of the molecule is CC(C)NC(=O)CNC(=O)C(Cl)c1ccccc1. The molecular formula is C13H17ClN2O2. The number of hydrogen-bond acceptors (Lipinski definition) is 2. The Morgan fingerprint density at radius 3 is 2.39 bits per heavy atom. The zero-order chi connectivity index (χ0) is 13.5. The first-order valence-electron chi connectivity index (χ1n) is 5.76. The van der Waals surface area contributed by atoms with Gasteiger partial charge in [0.05, 0.1) is 6.54 Å². The van der Waals surface area contributed by atoms with Gasteiger partial charge in [0.1, 0.15) is 5.38 Å². The van der Waals surface area contributed by atoms with Gasteiger partial charge in [-0.2, -0.15) is 0 Å². The number of carbonyl (C=O) groups excluding carboxylic acids is 2. The Balaban J connectivity index is 2.44. The van der Waals surface area contributed by atoms with E-state index in [1.54, 1.807) is 12.1 Å². The van der Waals surface area contributed by atoms with Gasteiger partial charge >= 0.3 is 0 Å². The molecule has 2 amide bonds. The topological polar surface area (TPSA) is 58.2 Å². The highest BCUT2D eigenvalue weighted by atomic mass is 35.5. The van der Waals surface area contributed by atoms with Gasteiger partial charge in [-0.15, -0.1) is 11.6 Å². The van der Waals surface area contributed by atoms with E-state index in [1.807, 2.05) is 32.0 Å². The fourth-order valence-corrected chi connectivity index (χ4v) is 1.63. The number of halogens is 1. The quantitative estimate of drug-likeness (QED) is 0.797. The number of amides is 2. The molecule has 0 saturated carbocycles. The molecule has 0 aliphatic heterocycles. The summed E-state index contributed by atoms with van der Waals surface area (Å²) >= 11 is 6.00. The molecule has 0 radical (unpaired) electrons. The molecule has 0 spiro atoms. The van der Waals surface area contributed by atoms with Crippen molar-refractivity contribution in [1.82, 2.24) is 10.6 Å². The highest BCUT2D eigenvalue weighted by molar-refractivity contribution is 6.30. The molecule has 1 aromatic carbocycles. The average molecular weight is 269 g/mol. The van der Waals surface area contributed by atoms with E-state index in [4.69, 9.17) is 11.6 Å². The summed E-state index contributed by atoms with van der Waals surface area (Å²) in [7, 11) is 0. The number of alkyl halides is 1. The molecule has 0 saturated heterocycles. The largest absolute Gasteiger partial charge is 0.352 e. The molecule has 1 rings (SSSR count). The smallest absolute Gasteiger partial charge is 0.243 e. The van der Waals surface area contributed by atoms with Gasteiger partial charge in [-0.25, -0.2) is 0 Å². The predicted molar refractivity (Wildman–Crippen MR) is 71.3 cm³/mol. The Morgan fingerprint density at radius 1 is 1.22 bits per heavy atom. The third kappa shape index (κ3) is 4.75. The van der Waals surface area contributed by atoms with Crippen molar-refractivity contribution < 1.29 is 9.59 Å². The average Bonchev–Trinajstić information content (AvgIpc) is 2.35. The molecule has 0 aliphatic carbocycles. The molecule has 1 aromatic rings. The Hall–Kier alpha value is -1.55. The van der Waals surface area contributed by atoms with E-state index in [9.17, 15) is 9.59 Å². The van der Waals surface area contributed by atoms with Crippen molar-refractivity contribution in [3.8, 4) is 0 Å². The Kier molecular flexibility index (Phi) is 5.65. The third-order valence-electron chi connectivity index (χ3n) is 2.20. The number of nitrogens with one attached hydrogen (secondary N) is 2. The molecule has 0 aromatic heterocycles. The van der Waals surface area contributed by atoms with Crippen LogP contribution in [0.1, 0.15) is 24.8 Å². The minimum absolute atomic E-state index is 0.0512. The molecule has 4 nitrogen and oxygen atoms in total.